The van der Waals surface area contributed by atoms with Gasteiger partial charge in [0.25, 0.3) is 0 Å². The largest absolute Gasteiger partial charge is 0.553 e. The van der Waals surface area contributed by atoms with E-state index in [0.29, 0.717) is 0 Å². The molecule has 0 saturated heterocycles. The molecule has 0 N–H and O–H groups in total. The molecule has 0 aliphatic carbocycles. The van der Waals surface area contributed by atoms with Crippen molar-refractivity contribution in [2.45, 2.75) is 0 Å². The standard InChI is InChI=1S/2C3H5O.HI.2O.Sb/c2*1-2-3-4;;;;/h2*2H,1,3H2;1H;;;/q2*-1;+1;;-1;+2. The normalized spacial score (nSPS) is 10.1. The minimum Gasteiger partial charge on any atom is 0.553 e. The molecule has 0 unspecified atom stereocenters. The molecule has 0 rings (SSSR count). The van der Waals surface area contributed by atoms with Crippen molar-refractivity contribution in [3.8, 4) is 0 Å². The van der Waals surface area contributed by atoms with Crippen molar-refractivity contribution in [2.75, 3.05) is 13.2 Å². The molecule has 0 bridgehead atoms. The van der Waals surface area contributed by atoms with Crippen LogP contribution in [0.2, 0.25) is 0 Å². The quantitative estimate of drug-likeness (QED) is 0.264. The predicted molar refractivity (Wildman–Crippen MR) is 40.1 cm³/mol. The molecule has 6 heteroatoms. The van der Waals surface area contributed by atoms with Crippen LogP contribution in [0.3, 0.4) is 0 Å². The summed E-state index contributed by atoms with van der Waals surface area (Å²) < 4.78 is 30.2. The van der Waals surface area contributed by atoms with Crippen LogP contribution in [-0.2, 0) is 9.05 Å². The number of halogens is 1. The van der Waals surface area contributed by atoms with E-state index < -0.39 is 20.1 Å². The van der Waals surface area contributed by atoms with E-state index in [1.165, 1.54) is 12.2 Å². The molecule has 0 atom stereocenters. The van der Waals surface area contributed by atoms with Crippen LogP contribution in [0.25, 0.3) is 0 Å². The molecule has 71 valence electrons. The fourth-order valence-electron chi connectivity index (χ4n) is 0.325. The number of hydrogen-bond donors (Lipinski definition) is 0. The van der Waals surface area contributed by atoms with Crippen molar-refractivity contribution in [1.82, 2.24) is 0 Å². The Balaban J connectivity index is 0. The van der Waals surface area contributed by atoms with Crippen molar-refractivity contribution < 1.29 is 36.4 Å². The molecule has 0 amide bonds. The van der Waals surface area contributed by atoms with Crippen LogP contribution in [0.15, 0.2) is 25.3 Å². The van der Waals surface area contributed by atoms with Gasteiger partial charge in [0.05, 0.1) is 0 Å². The number of hydrogen-bond acceptors (Lipinski definition) is 4. The molecular formula is C6H11IO4Sb. The third-order valence-electron chi connectivity index (χ3n) is 0.701. The van der Waals surface area contributed by atoms with Crippen LogP contribution in [0.4, 0.5) is 0 Å². The van der Waals surface area contributed by atoms with Gasteiger partial charge in [-0.25, -0.2) is 0 Å². The van der Waals surface area contributed by atoms with E-state index in [1.54, 1.807) is 0 Å². The van der Waals surface area contributed by atoms with Gasteiger partial charge in [0.2, 0.25) is 0 Å². The Morgan fingerprint density at radius 2 is 1.58 bits per heavy atom. The van der Waals surface area contributed by atoms with Gasteiger partial charge in [-0.05, 0) is 0 Å². The molecule has 12 heavy (non-hydrogen) atoms. The van der Waals surface area contributed by atoms with Crippen molar-refractivity contribution in [3.05, 3.63) is 25.3 Å². The van der Waals surface area contributed by atoms with E-state index in [1.807, 2.05) is 0 Å². The van der Waals surface area contributed by atoms with E-state index in [2.05, 4.69) is 19.2 Å². The van der Waals surface area contributed by atoms with Crippen molar-refractivity contribution in [1.29, 1.82) is 0 Å². The molecule has 0 aromatic carbocycles. The Kier molecular flexibility index (Phi) is 10.5. The van der Waals surface area contributed by atoms with E-state index in [9.17, 15) is 6.40 Å². The molecule has 0 aromatic heterocycles. The summed E-state index contributed by atoms with van der Waals surface area (Å²) in [6.45, 7) is 6.53. The van der Waals surface area contributed by atoms with Crippen molar-refractivity contribution >= 4 is 20.1 Å². The first-order chi connectivity index (χ1) is 5.12. The van der Waals surface area contributed by atoms with Gasteiger partial charge in [-0.3, -0.25) is 0 Å². The minimum absolute atomic E-state index is 0. The summed E-state index contributed by atoms with van der Waals surface area (Å²) in [5.74, 6) is 0. The van der Waals surface area contributed by atoms with E-state index >= 15 is 0 Å². The van der Waals surface area contributed by atoms with Crippen LogP contribution < -0.4 is 27.4 Å². The Labute approximate surface area is 94.3 Å². The first-order valence-corrected chi connectivity index (χ1v) is 7.11. The second kappa shape index (κ2) is 8.31. The smallest absolute Gasteiger partial charge is 0.553 e. The Hall–Kier alpha value is 0.708. The SMILES string of the molecule is C=CC[O][Sb](=[O])([O-])[O]CC=C.[IH+]. The van der Waals surface area contributed by atoms with Gasteiger partial charge in [0.1, 0.15) is 0 Å². The summed E-state index contributed by atoms with van der Waals surface area (Å²) >= 11 is -4.98. The van der Waals surface area contributed by atoms with Crippen molar-refractivity contribution in [3.63, 3.8) is 0 Å². The van der Waals surface area contributed by atoms with Gasteiger partial charge in [-0.1, -0.05) is 0 Å². The van der Waals surface area contributed by atoms with Gasteiger partial charge in [-0.15, -0.1) is 0 Å². The summed E-state index contributed by atoms with van der Waals surface area (Å²) in [4.78, 5) is 0. The summed E-state index contributed by atoms with van der Waals surface area (Å²) in [6, 6.07) is 0. The maximum Gasteiger partial charge on any atom is 0.553 e. The van der Waals surface area contributed by atoms with Gasteiger partial charge in [0.15, 0.2) is 0 Å². The van der Waals surface area contributed by atoms with E-state index in [0.717, 1.165) is 0 Å². The average Bonchev–Trinajstić information content (AvgIpc) is 1.97. The molecule has 0 fully saturated rings. The molecule has 1 radical (unpaired) electrons. The fraction of sp³-hybridized carbons (Fsp3) is 0.333. The first-order valence-electron chi connectivity index (χ1n) is 2.94. The summed E-state index contributed by atoms with van der Waals surface area (Å²) in [5.41, 5.74) is 0. The van der Waals surface area contributed by atoms with Gasteiger partial charge in [-0.2, -0.15) is 0 Å². The summed E-state index contributed by atoms with van der Waals surface area (Å²) in [5, 5.41) is 0. The topological polar surface area (TPSA) is 58.6 Å². The second-order valence-corrected chi connectivity index (χ2v) is 5.64. The average molecular weight is 396 g/mol. The molecule has 0 aliphatic heterocycles. The second-order valence-electron chi connectivity index (χ2n) is 1.62. The minimum atomic E-state index is -4.98. The van der Waals surface area contributed by atoms with E-state index in [-0.39, 0.29) is 37.2 Å². The molecular weight excluding hydrogens is 385 g/mol. The summed E-state index contributed by atoms with van der Waals surface area (Å²) in [6.07, 6.45) is 2.69. The third-order valence-corrected chi connectivity index (χ3v) is 3.36. The maximum atomic E-state index is 10.7. The van der Waals surface area contributed by atoms with Gasteiger partial charge < -0.3 is 0 Å². The first kappa shape index (κ1) is 15.2. The monoisotopic (exact) mass is 395 g/mol. The molecule has 0 heterocycles. The number of rotatable bonds is 6. The Morgan fingerprint density at radius 3 is 1.83 bits per heavy atom. The van der Waals surface area contributed by atoms with Crippen LogP contribution in [-0.4, -0.2) is 33.3 Å². The third kappa shape index (κ3) is 8.80. The Bertz CT molecular complexity index is 166. The zero-order valence-electron chi connectivity index (χ0n) is 6.47. The molecule has 4 nitrogen and oxygen atoms in total. The van der Waals surface area contributed by atoms with Crippen LogP contribution in [0, 0.1) is 0 Å². The van der Waals surface area contributed by atoms with E-state index in [4.69, 9.17) is 0 Å². The van der Waals surface area contributed by atoms with Crippen molar-refractivity contribution in [2.24, 2.45) is 0 Å². The predicted octanol–water partition coefficient (Wildman–Crippen LogP) is -3.65. The molecule has 0 aromatic rings. The molecule has 0 spiro atoms. The Morgan fingerprint density at radius 1 is 1.25 bits per heavy atom. The van der Waals surface area contributed by atoms with Gasteiger partial charge >= 0.3 is 95.0 Å². The molecule has 0 saturated carbocycles. The molecule has 0 aliphatic rings. The van der Waals surface area contributed by atoms with Crippen LogP contribution in [0.1, 0.15) is 0 Å². The summed E-state index contributed by atoms with van der Waals surface area (Å²) in [7, 11) is 0. The zero-order chi connectivity index (χ0) is 8.74. The fourth-order valence-corrected chi connectivity index (χ4v) is 2.18. The zero-order valence-corrected chi connectivity index (χ0v) is 11.4. The van der Waals surface area contributed by atoms with Gasteiger partial charge in [0, 0.05) is 0 Å². The maximum absolute atomic E-state index is 10.7. The van der Waals surface area contributed by atoms with Crippen LogP contribution in [0.5, 0.6) is 0 Å². The van der Waals surface area contributed by atoms with Crippen LogP contribution >= 0.6 is 0 Å².